The van der Waals surface area contributed by atoms with Gasteiger partial charge in [-0.1, -0.05) is 18.2 Å². The van der Waals surface area contributed by atoms with E-state index >= 15 is 0 Å². The molecule has 1 aliphatic rings. The van der Waals surface area contributed by atoms with E-state index in [4.69, 9.17) is 4.74 Å². The summed E-state index contributed by atoms with van der Waals surface area (Å²) in [6.07, 6.45) is 3.83. The number of aliphatic hydroxyl groups excluding tert-OH is 1. The quantitative estimate of drug-likeness (QED) is 0.886. The predicted molar refractivity (Wildman–Crippen MR) is 77.6 cm³/mol. The molecule has 3 unspecified atom stereocenters. The lowest BCUT2D eigenvalue weighted by Crippen LogP contribution is -2.38. The molecule has 106 valence electrons. The average molecular weight is 263 g/mol. The van der Waals surface area contributed by atoms with Crippen molar-refractivity contribution in [2.45, 2.75) is 50.8 Å². The second-order valence-corrected chi connectivity index (χ2v) is 5.65. The van der Waals surface area contributed by atoms with Crippen molar-refractivity contribution < 1.29 is 9.84 Å². The molecule has 0 spiro atoms. The molecule has 3 atom stereocenters. The third-order valence-corrected chi connectivity index (χ3v) is 4.36. The molecular formula is C16H25NO2. The predicted octanol–water partition coefficient (Wildman–Crippen LogP) is 2.47. The Hall–Kier alpha value is -1.06. The van der Waals surface area contributed by atoms with Gasteiger partial charge in [0.05, 0.1) is 13.2 Å². The lowest BCUT2D eigenvalue weighted by molar-refractivity contribution is 0.145. The highest BCUT2D eigenvalue weighted by molar-refractivity contribution is 5.33. The van der Waals surface area contributed by atoms with Crippen molar-refractivity contribution >= 4 is 0 Å². The highest BCUT2D eigenvalue weighted by atomic mass is 16.5. The van der Waals surface area contributed by atoms with Crippen molar-refractivity contribution in [3.05, 3.63) is 29.8 Å². The van der Waals surface area contributed by atoms with E-state index in [-0.39, 0.29) is 6.10 Å². The first kappa shape index (κ1) is 14.4. The number of nitrogens with zero attached hydrogens (tertiary/aromatic N) is 1. The minimum absolute atomic E-state index is 0.106. The molecule has 3 nitrogen and oxygen atoms in total. The smallest absolute Gasteiger partial charge is 0.122 e. The SMILES string of the molecule is COc1ccccc1CC(C)N(C)C1CCC(O)C1. The van der Waals surface area contributed by atoms with Gasteiger partial charge in [0.15, 0.2) is 0 Å². The van der Waals surface area contributed by atoms with Crippen molar-refractivity contribution in [2.24, 2.45) is 0 Å². The monoisotopic (exact) mass is 263 g/mol. The molecule has 2 rings (SSSR count). The Balaban J connectivity index is 1.98. The summed E-state index contributed by atoms with van der Waals surface area (Å²) in [7, 11) is 3.89. The van der Waals surface area contributed by atoms with Gasteiger partial charge in [-0.3, -0.25) is 0 Å². The van der Waals surface area contributed by atoms with Gasteiger partial charge in [-0.2, -0.15) is 0 Å². The molecule has 0 aliphatic heterocycles. The van der Waals surface area contributed by atoms with Crippen LogP contribution in [-0.4, -0.2) is 42.4 Å². The van der Waals surface area contributed by atoms with Crippen LogP contribution < -0.4 is 4.74 Å². The average Bonchev–Trinajstić information content (AvgIpc) is 2.85. The molecule has 0 amide bonds. The summed E-state index contributed by atoms with van der Waals surface area (Å²) < 4.78 is 5.41. The lowest BCUT2D eigenvalue weighted by atomic mass is 10.0. The summed E-state index contributed by atoms with van der Waals surface area (Å²) in [5.41, 5.74) is 1.25. The van der Waals surface area contributed by atoms with E-state index in [1.54, 1.807) is 7.11 Å². The zero-order valence-electron chi connectivity index (χ0n) is 12.2. The summed E-state index contributed by atoms with van der Waals surface area (Å²) in [6, 6.07) is 9.17. The fourth-order valence-electron chi connectivity index (χ4n) is 3.00. The van der Waals surface area contributed by atoms with Crippen molar-refractivity contribution in [3.63, 3.8) is 0 Å². The maximum absolute atomic E-state index is 9.66. The first-order valence-corrected chi connectivity index (χ1v) is 7.13. The van der Waals surface area contributed by atoms with Gasteiger partial charge < -0.3 is 14.7 Å². The first-order valence-electron chi connectivity index (χ1n) is 7.13. The standard InChI is InChI=1S/C16H25NO2/c1-12(17(2)14-8-9-15(18)11-14)10-13-6-4-5-7-16(13)19-3/h4-7,12,14-15,18H,8-11H2,1-3H3. The van der Waals surface area contributed by atoms with Gasteiger partial charge in [0.2, 0.25) is 0 Å². The number of aliphatic hydroxyl groups is 1. The maximum atomic E-state index is 9.66. The topological polar surface area (TPSA) is 32.7 Å². The van der Waals surface area contributed by atoms with Crippen LogP contribution in [0.4, 0.5) is 0 Å². The van der Waals surface area contributed by atoms with Crippen LogP contribution in [0, 0.1) is 0 Å². The highest BCUT2D eigenvalue weighted by Gasteiger charge is 2.28. The van der Waals surface area contributed by atoms with Crippen LogP contribution in [0.15, 0.2) is 24.3 Å². The van der Waals surface area contributed by atoms with E-state index < -0.39 is 0 Å². The molecule has 1 aromatic rings. The van der Waals surface area contributed by atoms with Gasteiger partial charge in [0, 0.05) is 12.1 Å². The Morgan fingerprint density at radius 3 is 2.74 bits per heavy atom. The zero-order chi connectivity index (χ0) is 13.8. The van der Waals surface area contributed by atoms with Crippen LogP contribution in [0.5, 0.6) is 5.75 Å². The van der Waals surface area contributed by atoms with E-state index in [1.165, 1.54) is 5.56 Å². The Morgan fingerprint density at radius 2 is 2.11 bits per heavy atom. The number of likely N-dealkylation sites (N-methyl/N-ethyl adjacent to an activating group) is 1. The van der Waals surface area contributed by atoms with Crippen LogP contribution in [0.25, 0.3) is 0 Å². The van der Waals surface area contributed by atoms with E-state index in [2.05, 4.69) is 31.0 Å². The highest BCUT2D eigenvalue weighted by Crippen LogP contribution is 2.26. The molecule has 1 saturated carbocycles. The zero-order valence-corrected chi connectivity index (χ0v) is 12.2. The number of ether oxygens (including phenoxy) is 1. The summed E-state index contributed by atoms with van der Waals surface area (Å²) in [6.45, 7) is 2.25. The van der Waals surface area contributed by atoms with Gasteiger partial charge in [-0.25, -0.2) is 0 Å². The molecule has 1 aromatic carbocycles. The van der Waals surface area contributed by atoms with Gasteiger partial charge in [0.25, 0.3) is 0 Å². The summed E-state index contributed by atoms with van der Waals surface area (Å²) in [5.74, 6) is 0.967. The number of para-hydroxylation sites is 1. The maximum Gasteiger partial charge on any atom is 0.122 e. The van der Waals surface area contributed by atoms with Crippen molar-refractivity contribution in [1.29, 1.82) is 0 Å². The first-order chi connectivity index (χ1) is 9.11. The molecule has 0 aromatic heterocycles. The van der Waals surface area contributed by atoms with Crippen LogP contribution in [0.1, 0.15) is 31.7 Å². The Labute approximate surface area is 116 Å². The summed E-state index contributed by atoms with van der Waals surface area (Å²) >= 11 is 0. The van der Waals surface area contributed by atoms with Gasteiger partial charge in [-0.05, 0) is 51.3 Å². The normalized spacial score (nSPS) is 24.7. The minimum atomic E-state index is -0.106. The fraction of sp³-hybridized carbons (Fsp3) is 0.625. The number of hydrogen-bond donors (Lipinski definition) is 1. The second kappa shape index (κ2) is 6.40. The Kier molecular flexibility index (Phi) is 4.83. The van der Waals surface area contributed by atoms with Gasteiger partial charge in [0.1, 0.15) is 5.75 Å². The van der Waals surface area contributed by atoms with E-state index in [9.17, 15) is 5.11 Å². The molecule has 0 heterocycles. The van der Waals surface area contributed by atoms with E-state index in [0.29, 0.717) is 12.1 Å². The molecular weight excluding hydrogens is 238 g/mol. The lowest BCUT2D eigenvalue weighted by Gasteiger charge is -2.31. The number of methoxy groups -OCH3 is 1. The van der Waals surface area contributed by atoms with Crippen molar-refractivity contribution in [3.8, 4) is 5.75 Å². The van der Waals surface area contributed by atoms with Gasteiger partial charge >= 0.3 is 0 Å². The summed E-state index contributed by atoms with van der Waals surface area (Å²) in [5, 5.41) is 9.66. The van der Waals surface area contributed by atoms with Crippen molar-refractivity contribution in [2.75, 3.05) is 14.2 Å². The van der Waals surface area contributed by atoms with Crippen LogP contribution in [0.3, 0.4) is 0 Å². The minimum Gasteiger partial charge on any atom is -0.496 e. The summed E-state index contributed by atoms with van der Waals surface area (Å²) in [4.78, 5) is 2.41. The third-order valence-electron chi connectivity index (χ3n) is 4.36. The van der Waals surface area contributed by atoms with E-state index in [1.807, 2.05) is 12.1 Å². The van der Waals surface area contributed by atoms with Gasteiger partial charge in [-0.15, -0.1) is 0 Å². The second-order valence-electron chi connectivity index (χ2n) is 5.65. The van der Waals surface area contributed by atoms with Crippen molar-refractivity contribution in [1.82, 2.24) is 4.90 Å². The Morgan fingerprint density at radius 1 is 1.37 bits per heavy atom. The largest absolute Gasteiger partial charge is 0.496 e. The Bertz CT molecular complexity index is 407. The molecule has 1 fully saturated rings. The third kappa shape index (κ3) is 3.48. The van der Waals surface area contributed by atoms with Crippen LogP contribution in [0.2, 0.25) is 0 Å². The fourth-order valence-corrected chi connectivity index (χ4v) is 3.00. The number of benzene rings is 1. The molecule has 0 saturated heterocycles. The number of hydrogen-bond acceptors (Lipinski definition) is 3. The number of rotatable bonds is 5. The molecule has 0 bridgehead atoms. The molecule has 3 heteroatoms. The van der Waals surface area contributed by atoms with E-state index in [0.717, 1.165) is 31.4 Å². The van der Waals surface area contributed by atoms with Crippen LogP contribution in [-0.2, 0) is 6.42 Å². The molecule has 19 heavy (non-hydrogen) atoms. The molecule has 1 N–H and O–H groups in total. The molecule has 0 radical (unpaired) electrons. The van der Waals surface area contributed by atoms with Crippen LogP contribution >= 0.6 is 0 Å². The molecule has 1 aliphatic carbocycles.